The van der Waals surface area contributed by atoms with Gasteiger partial charge in [-0.1, -0.05) is 18.2 Å². The smallest absolute Gasteiger partial charge is 0.244 e. The Morgan fingerprint density at radius 2 is 1.75 bits per heavy atom. The fourth-order valence-corrected chi connectivity index (χ4v) is 4.09. The fourth-order valence-electron chi connectivity index (χ4n) is 2.92. The van der Waals surface area contributed by atoms with Gasteiger partial charge in [-0.15, -0.1) is 0 Å². The van der Waals surface area contributed by atoms with E-state index >= 15 is 0 Å². The molecule has 0 radical (unpaired) electrons. The Bertz CT molecular complexity index is 945. The zero-order valence-electron chi connectivity index (χ0n) is 16.6. The predicted octanol–water partition coefficient (Wildman–Crippen LogP) is 3.17. The maximum absolute atomic E-state index is 13.1. The van der Waals surface area contributed by atoms with Crippen molar-refractivity contribution in [3.05, 3.63) is 59.4 Å². The second kappa shape index (κ2) is 8.60. The van der Waals surface area contributed by atoms with Crippen molar-refractivity contribution in [1.82, 2.24) is 5.32 Å². The third-order valence-corrected chi connectivity index (χ3v) is 5.62. The third kappa shape index (κ3) is 5.01. The van der Waals surface area contributed by atoms with Crippen molar-refractivity contribution in [2.45, 2.75) is 32.9 Å². The Hall–Kier alpha value is -2.61. The number of halogens is 1. The number of nitrogens with zero attached hydrogens (tertiary/aromatic N) is 1. The van der Waals surface area contributed by atoms with E-state index in [0.29, 0.717) is 17.0 Å². The third-order valence-electron chi connectivity index (χ3n) is 4.39. The number of carbonyl (C=O) groups excluding carboxylic acids is 1. The van der Waals surface area contributed by atoms with Crippen molar-refractivity contribution in [1.29, 1.82) is 0 Å². The molecule has 8 heteroatoms. The van der Waals surface area contributed by atoms with Crippen molar-refractivity contribution >= 4 is 21.6 Å². The Morgan fingerprint density at radius 1 is 1.14 bits per heavy atom. The zero-order chi connectivity index (χ0) is 21.1. The Kier molecular flexibility index (Phi) is 6.66. The molecule has 0 heterocycles. The summed E-state index contributed by atoms with van der Waals surface area (Å²) in [4.78, 5) is 12.8. The van der Waals surface area contributed by atoms with Gasteiger partial charge in [-0.2, -0.15) is 0 Å². The summed E-state index contributed by atoms with van der Waals surface area (Å²) in [6.07, 6.45) is 1.04. The van der Waals surface area contributed by atoms with Crippen LogP contribution in [0.4, 0.5) is 10.1 Å². The first kappa shape index (κ1) is 21.7. The zero-order valence-corrected chi connectivity index (χ0v) is 17.4. The lowest BCUT2D eigenvalue weighted by atomic mass is 10.1. The van der Waals surface area contributed by atoms with Crippen molar-refractivity contribution < 1.29 is 22.3 Å². The lowest BCUT2D eigenvalue weighted by molar-refractivity contribution is -0.122. The molecule has 0 fully saturated rings. The van der Waals surface area contributed by atoms with Crippen molar-refractivity contribution in [3.63, 3.8) is 0 Å². The number of aryl methyl sites for hydroxylation is 1. The van der Waals surface area contributed by atoms with Crippen LogP contribution in [0.15, 0.2) is 42.5 Å². The molecule has 2 aromatic carbocycles. The monoisotopic (exact) mass is 408 g/mol. The van der Waals surface area contributed by atoms with Crippen LogP contribution in [0.3, 0.4) is 0 Å². The molecule has 2 unspecified atom stereocenters. The standard InChI is InChI=1S/C20H25FN2O4S/c1-13-6-11-19(27-4)18(12-13)23(28(5,25)26)15(3)20(24)22-14(2)16-7-9-17(21)10-8-16/h6-12,14-15H,1-5H3,(H,22,24). The van der Waals surface area contributed by atoms with E-state index in [1.54, 1.807) is 37.3 Å². The highest BCUT2D eigenvalue weighted by Gasteiger charge is 2.32. The summed E-state index contributed by atoms with van der Waals surface area (Å²) in [5.41, 5.74) is 1.83. The van der Waals surface area contributed by atoms with Crippen molar-refractivity contribution in [2.24, 2.45) is 0 Å². The summed E-state index contributed by atoms with van der Waals surface area (Å²) in [6, 6.07) is 9.44. The molecule has 6 nitrogen and oxygen atoms in total. The Morgan fingerprint density at radius 3 is 2.29 bits per heavy atom. The molecule has 0 saturated heterocycles. The van der Waals surface area contributed by atoms with E-state index in [-0.39, 0.29) is 5.82 Å². The molecule has 0 aliphatic carbocycles. The van der Waals surface area contributed by atoms with Crippen LogP contribution in [-0.4, -0.2) is 33.7 Å². The largest absolute Gasteiger partial charge is 0.495 e. The molecule has 0 aliphatic rings. The number of amides is 1. The highest BCUT2D eigenvalue weighted by Crippen LogP contribution is 2.32. The number of rotatable bonds is 7. The minimum Gasteiger partial charge on any atom is -0.495 e. The lowest BCUT2D eigenvalue weighted by Crippen LogP contribution is -2.48. The van der Waals surface area contributed by atoms with Gasteiger partial charge in [0.1, 0.15) is 17.6 Å². The molecular weight excluding hydrogens is 383 g/mol. The number of benzene rings is 2. The normalized spacial score (nSPS) is 13.5. The second-order valence-corrected chi connectivity index (χ2v) is 8.55. The highest BCUT2D eigenvalue weighted by molar-refractivity contribution is 7.92. The van der Waals surface area contributed by atoms with Crippen LogP contribution in [0, 0.1) is 12.7 Å². The summed E-state index contributed by atoms with van der Waals surface area (Å²) < 4.78 is 44.4. The first-order valence-corrected chi connectivity index (χ1v) is 10.6. The molecule has 0 bridgehead atoms. The molecular formula is C20H25FN2O4S. The molecule has 0 aliphatic heterocycles. The lowest BCUT2D eigenvalue weighted by Gasteiger charge is -2.30. The summed E-state index contributed by atoms with van der Waals surface area (Å²) in [5, 5.41) is 2.78. The number of sulfonamides is 1. The second-order valence-electron chi connectivity index (χ2n) is 6.69. The fraction of sp³-hybridized carbons (Fsp3) is 0.350. The molecule has 2 atom stereocenters. The maximum Gasteiger partial charge on any atom is 0.244 e. The SMILES string of the molecule is COc1ccc(C)cc1N(C(C)C(=O)NC(C)c1ccc(F)cc1)S(C)(=O)=O. The van der Waals surface area contributed by atoms with Gasteiger partial charge in [-0.3, -0.25) is 9.10 Å². The number of methoxy groups -OCH3 is 1. The van der Waals surface area contributed by atoms with E-state index in [4.69, 9.17) is 4.74 Å². The van der Waals surface area contributed by atoms with Crippen LogP contribution < -0.4 is 14.4 Å². The number of ether oxygens (including phenoxy) is 1. The van der Waals surface area contributed by atoms with E-state index in [2.05, 4.69) is 5.32 Å². The average molecular weight is 408 g/mol. The first-order chi connectivity index (χ1) is 13.0. The molecule has 0 aromatic heterocycles. The van der Waals surface area contributed by atoms with Gasteiger partial charge in [-0.05, 0) is 56.2 Å². The van der Waals surface area contributed by atoms with Gasteiger partial charge in [0.25, 0.3) is 0 Å². The van der Waals surface area contributed by atoms with Gasteiger partial charge in [0, 0.05) is 0 Å². The number of carbonyl (C=O) groups is 1. The first-order valence-electron chi connectivity index (χ1n) is 8.74. The van der Waals surface area contributed by atoms with Crippen LogP contribution in [0.25, 0.3) is 0 Å². The van der Waals surface area contributed by atoms with Crippen LogP contribution in [0.2, 0.25) is 0 Å². The van der Waals surface area contributed by atoms with E-state index in [9.17, 15) is 17.6 Å². The molecule has 0 spiro atoms. The van der Waals surface area contributed by atoms with Gasteiger partial charge >= 0.3 is 0 Å². The average Bonchev–Trinajstić information content (AvgIpc) is 2.61. The van der Waals surface area contributed by atoms with Gasteiger partial charge in [-0.25, -0.2) is 12.8 Å². The molecule has 152 valence electrons. The summed E-state index contributed by atoms with van der Waals surface area (Å²) >= 11 is 0. The van der Waals surface area contributed by atoms with E-state index in [1.807, 2.05) is 6.92 Å². The molecule has 1 amide bonds. The van der Waals surface area contributed by atoms with Gasteiger partial charge in [0.2, 0.25) is 15.9 Å². The van der Waals surface area contributed by atoms with Gasteiger partial charge in [0.05, 0.1) is 25.1 Å². The Balaban J connectivity index is 2.33. The molecule has 2 rings (SSSR count). The van der Waals surface area contributed by atoms with E-state index in [0.717, 1.165) is 16.1 Å². The predicted molar refractivity (Wildman–Crippen MR) is 107 cm³/mol. The highest BCUT2D eigenvalue weighted by atomic mass is 32.2. The van der Waals surface area contributed by atoms with E-state index in [1.165, 1.54) is 26.2 Å². The summed E-state index contributed by atoms with van der Waals surface area (Å²) in [5.74, 6) is -0.501. The minimum absolute atomic E-state index is 0.294. The van der Waals surface area contributed by atoms with Crippen LogP contribution in [0.5, 0.6) is 5.75 Å². The van der Waals surface area contributed by atoms with Crippen molar-refractivity contribution in [2.75, 3.05) is 17.7 Å². The summed E-state index contributed by atoms with van der Waals surface area (Å²) in [7, 11) is -2.33. The maximum atomic E-state index is 13.1. The molecule has 1 N–H and O–H groups in total. The number of anilines is 1. The minimum atomic E-state index is -3.77. The van der Waals surface area contributed by atoms with Crippen LogP contribution >= 0.6 is 0 Å². The Labute approximate surface area is 165 Å². The quantitative estimate of drug-likeness (QED) is 0.764. The van der Waals surface area contributed by atoms with Crippen LogP contribution in [0.1, 0.15) is 31.0 Å². The number of nitrogens with one attached hydrogen (secondary N) is 1. The number of hydrogen-bond acceptors (Lipinski definition) is 4. The summed E-state index contributed by atoms with van der Waals surface area (Å²) in [6.45, 7) is 5.08. The molecule has 28 heavy (non-hydrogen) atoms. The van der Waals surface area contributed by atoms with E-state index < -0.39 is 28.0 Å². The number of hydrogen-bond donors (Lipinski definition) is 1. The topological polar surface area (TPSA) is 75.7 Å². The van der Waals surface area contributed by atoms with Crippen LogP contribution in [-0.2, 0) is 14.8 Å². The van der Waals surface area contributed by atoms with Gasteiger partial charge < -0.3 is 10.1 Å². The molecule has 0 saturated carbocycles. The van der Waals surface area contributed by atoms with Gasteiger partial charge in [0.15, 0.2) is 0 Å². The molecule has 2 aromatic rings. The van der Waals surface area contributed by atoms with Crippen molar-refractivity contribution in [3.8, 4) is 5.75 Å².